The zero-order valence-corrected chi connectivity index (χ0v) is 9.22. The van der Waals surface area contributed by atoms with Gasteiger partial charge < -0.3 is 10.1 Å². The zero-order valence-electron chi connectivity index (χ0n) is 9.22. The van der Waals surface area contributed by atoms with Gasteiger partial charge in [0.2, 0.25) is 0 Å². The Morgan fingerprint density at radius 1 is 1.25 bits per heavy atom. The number of rotatable bonds is 0. The summed E-state index contributed by atoms with van der Waals surface area (Å²) in [6.45, 7) is 5.33. The molecular weight excluding hydrogens is 221 g/mol. The SMILES string of the molecule is CC(C)(C)OC1=NC=C(C(F)(F)F)C=CN1. The van der Waals surface area contributed by atoms with Crippen LogP contribution in [0.3, 0.4) is 0 Å². The number of nitrogens with one attached hydrogen (secondary N) is 1. The molecule has 90 valence electrons. The average Bonchev–Trinajstić information content (AvgIpc) is 2.25. The fraction of sp³-hybridized carbons (Fsp3) is 0.500. The maximum Gasteiger partial charge on any atom is 0.417 e. The fourth-order valence-electron chi connectivity index (χ4n) is 0.925. The Labute approximate surface area is 91.7 Å². The minimum absolute atomic E-state index is 0.0444. The van der Waals surface area contributed by atoms with Gasteiger partial charge in [-0.25, -0.2) is 4.99 Å². The van der Waals surface area contributed by atoms with Gasteiger partial charge in [-0.3, -0.25) is 0 Å². The number of alkyl halides is 3. The molecule has 1 aliphatic rings. The molecule has 0 aromatic heterocycles. The number of nitrogens with zero attached hydrogens (tertiary/aromatic N) is 1. The molecule has 1 rings (SSSR count). The molecule has 0 aliphatic carbocycles. The summed E-state index contributed by atoms with van der Waals surface area (Å²) in [5.74, 6) is 0. The highest BCUT2D eigenvalue weighted by atomic mass is 19.4. The number of ether oxygens (including phenoxy) is 1. The monoisotopic (exact) mass is 234 g/mol. The van der Waals surface area contributed by atoms with E-state index < -0.39 is 17.4 Å². The molecule has 16 heavy (non-hydrogen) atoms. The Morgan fingerprint density at radius 2 is 1.88 bits per heavy atom. The summed E-state index contributed by atoms with van der Waals surface area (Å²) in [6, 6.07) is 0.0444. The van der Waals surface area contributed by atoms with Gasteiger partial charge in [-0.1, -0.05) is 0 Å². The summed E-state index contributed by atoms with van der Waals surface area (Å²) < 4.78 is 42.3. The largest absolute Gasteiger partial charge is 0.459 e. The van der Waals surface area contributed by atoms with Gasteiger partial charge in [-0.15, -0.1) is 0 Å². The maximum absolute atomic E-state index is 12.3. The molecule has 0 unspecified atom stereocenters. The number of hydrogen-bond acceptors (Lipinski definition) is 3. The van der Waals surface area contributed by atoms with Crippen LogP contribution in [0.15, 0.2) is 29.0 Å². The summed E-state index contributed by atoms with van der Waals surface area (Å²) in [5.41, 5.74) is -1.34. The predicted octanol–water partition coefficient (Wildman–Crippen LogP) is 2.72. The van der Waals surface area contributed by atoms with E-state index in [4.69, 9.17) is 4.74 Å². The minimum Gasteiger partial charge on any atom is -0.459 e. The number of aliphatic imine (C=N–C) groups is 1. The highest BCUT2D eigenvalue weighted by Gasteiger charge is 2.32. The summed E-state index contributed by atoms with van der Waals surface area (Å²) in [4.78, 5) is 3.60. The van der Waals surface area contributed by atoms with E-state index in [1.807, 2.05) is 0 Å². The molecule has 0 amide bonds. The summed E-state index contributed by atoms with van der Waals surface area (Å²) in [5, 5.41) is 2.54. The summed E-state index contributed by atoms with van der Waals surface area (Å²) in [7, 11) is 0. The normalized spacial score (nSPS) is 17.1. The van der Waals surface area contributed by atoms with Gasteiger partial charge in [0.25, 0.3) is 6.02 Å². The van der Waals surface area contributed by atoms with E-state index in [1.165, 1.54) is 0 Å². The Kier molecular flexibility index (Phi) is 3.30. The first-order valence-electron chi connectivity index (χ1n) is 4.66. The molecule has 0 saturated carbocycles. The molecule has 3 nitrogen and oxygen atoms in total. The topological polar surface area (TPSA) is 33.6 Å². The molecule has 0 spiro atoms. The molecule has 0 radical (unpaired) electrons. The van der Waals surface area contributed by atoms with Crippen molar-refractivity contribution >= 4 is 6.02 Å². The van der Waals surface area contributed by atoms with Gasteiger partial charge in [-0.2, -0.15) is 13.2 Å². The Morgan fingerprint density at radius 3 is 2.38 bits per heavy atom. The van der Waals surface area contributed by atoms with E-state index >= 15 is 0 Å². The van der Waals surface area contributed by atoms with E-state index in [-0.39, 0.29) is 6.02 Å². The molecule has 1 aliphatic heterocycles. The third kappa shape index (κ3) is 3.96. The van der Waals surface area contributed by atoms with Gasteiger partial charge in [0.15, 0.2) is 0 Å². The standard InChI is InChI=1S/C10H13F3N2O/c1-9(2,3)16-8-14-5-4-7(6-15-8)10(11,12)13/h4-6H,1-3H3,(H,14,15). The zero-order chi connectivity index (χ0) is 12.4. The van der Waals surface area contributed by atoms with Crippen molar-refractivity contribution in [2.45, 2.75) is 32.5 Å². The molecule has 0 aromatic carbocycles. The highest BCUT2D eigenvalue weighted by Crippen LogP contribution is 2.27. The molecule has 0 saturated heterocycles. The van der Waals surface area contributed by atoms with Crippen LogP contribution >= 0.6 is 0 Å². The Balaban J connectivity index is 2.84. The summed E-state index contributed by atoms with van der Waals surface area (Å²) >= 11 is 0. The second-order valence-electron chi connectivity index (χ2n) is 4.21. The van der Waals surface area contributed by atoms with Crippen molar-refractivity contribution in [3.8, 4) is 0 Å². The van der Waals surface area contributed by atoms with Crippen LogP contribution in [0.5, 0.6) is 0 Å². The molecule has 0 atom stereocenters. The van der Waals surface area contributed by atoms with Crippen molar-refractivity contribution in [3.63, 3.8) is 0 Å². The van der Waals surface area contributed by atoms with E-state index in [9.17, 15) is 13.2 Å². The molecular formula is C10H13F3N2O. The van der Waals surface area contributed by atoms with Crippen molar-refractivity contribution < 1.29 is 17.9 Å². The van der Waals surface area contributed by atoms with Crippen molar-refractivity contribution in [2.24, 2.45) is 4.99 Å². The Bertz CT molecular complexity index is 348. The maximum atomic E-state index is 12.3. The fourth-order valence-corrected chi connectivity index (χ4v) is 0.925. The first-order valence-corrected chi connectivity index (χ1v) is 4.66. The van der Waals surface area contributed by atoms with Crippen LogP contribution in [-0.4, -0.2) is 17.8 Å². The van der Waals surface area contributed by atoms with Crippen LogP contribution in [0.2, 0.25) is 0 Å². The third-order valence-electron chi connectivity index (χ3n) is 1.52. The van der Waals surface area contributed by atoms with Crippen LogP contribution in [0.25, 0.3) is 0 Å². The lowest BCUT2D eigenvalue weighted by molar-refractivity contribution is -0.0883. The second kappa shape index (κ2) is 4.19. The van der Waals surface area contributed by atoms with E-state index in [1.54, 1.807) is 20.8 Å². The lowest BCUT2D eigenvalue weighted by Gasteiger charge is -2.21. The number of hydrogen-bond donors (Lipinski definition) is 1. The van der Waals surface area contributed by atoms with Crippen LogP contribution in [0.1, 0.15) is 20.8 Å². The van der Waals surface area contributed by atoms with Gasteiger partial charge in [0.05, 0.1) is 5.57 Å². The molecule has 6 heteroatoms. The average molecular weight is 234 g/mol. The van der Waals surface area contributed by atoms with Gasteiger partial charge in [0.1, 0.15) is 5.60 Å². The second-order valence-corrected chi connectivity index (χ2v) is 4.21. The molecule has 0 bridgehead atoms. The van der Waals surface area contributed by atoms with Crippen LogP contribution in [-0.2, 0) is 4.74 Å². The van der Waals surface area contributed by atoms with Crippen molar-refractivity contribution in [1.29, 1.82) is 0 Å². The first-order chi connectivity index (χ1) is 7.18. The number of halogens is 3. The smallest absolute Gasteiger partial charge is 0.417 e. The van der Waals surface area contributed by atoms with Crippen molar-refractivity contribution in [3.05, 3.63) is 24.0 Å². The first kappa shape index (κ1) is 12.6. The lowest BCUT2D eigenvalue weighted by Crippen LogP contribution is -2.30. The highest BCUT2D eigenvalue weighted by molar-refractivity contribution is 5.76. The van der Waals surface area contributed by atoms with Crippen LogP contribution in [0, 0.1) is 0 Å². The van der Waals surface area contributed by atoms with Crippen LogP contribution < -0.4 is 5.32 Å². The lowest BCUT2D eigenvalue weighted by atomic mass is 10.2. The van der Waals surface area contributed by atoms with Crippen molar-refractivity contribution in [2.75, 3.05) is 0 Å². The van der Waals surface area contributed by atoms with Gasteiger partial charge in [0, 0.05) is 12.4 Å². The third-order valence-corrected chi connectivity index (χ3v) is 1.52. The quantitative estimate of drug-likeness (QED) is 0.699. The van der Waals surface area contributed by atoms with E-state index in [2.05, 4.69) is 10.3 Å². The molecule has 1 N–H and O–H groups in total. The molecule has 0 aromatic rings. The summed E-state index contributed by atoms with van der Waals surface area (Å²) in [6.07, 6.45) is -1.62. The predicted molar refractivity (Wildman–Crippen MR) is 54.7 cm³/mol. The van der Waals surface area contributed by atoms with Gasteiger partial charge in [-0.05, 0) is 26.8 Å². The van der Waals surface area contributed by atoms with Gasteiger partial charge >= 0.3 is 6.18 Å². The Hall–Kier alpha value is -1.46. The van der Waals surface area contributed by atoms with Crippen LogP contribution in [0.4, 0.5) is 13.2 Å². The van der Waals surface area contributed by atoms with E-state index in [0.29, 0.717) is 0 Å². The minimum atomic E-state index is -4.40. The number of allylic oxidation sites excluding steroid dienone is 2. The number of amidine groups is 1. The molecule has 1 heterocycles. The molecule has 0 fully saturated rings. The van der Waals surface area contributed by atoms with E-state index in [0.717, 1.165) is 18.5 Å². The van der Waals surface area contributed by atoms with Crippen molar-refractivity contribution in [1.82, 2.24) is 5.32 Å².